The van der Waals surface area contributed by atoms with Gasteiger partial charge in [0.1, 0.15) is 6.04 Å². The highest BCUT2D eigenvalue weighted by atomic mass is 16.6. The Kier molecular flexibility index (Phi) is 5.35. The molecule has 2 N–H and O–H groups in total. The highest BCUT2D eigenvalue weighted by Crippen LogP contribution is 2.20. The van der Waals surface area contributed by atoms with E-state index in [4.69, 9.17) is 0 Å². The van der Waals surface area contributed by atoms with Gasteiger partial charge in [-0.2, -0.15) is 0 Å². The van der Waals surface area contributed by atoms with Crippen molar-refractivity contribution in [2.24, 2.45) is 0 Å². The number of nitro benzene ring substituents is 1. The van der Waals surface area contributed by atoms with Gasteiger partial charge in [0.2, 0.25) is 0 Å². The molecule has 1 atom stereocenters. The van der Waals surface area contributed by atoms with Gasteiger partial charge >= 0.3 is 6.03 Å². The summed E-state index contributed by atoms with van der Waals surface area (Å²) < 4.78 is 0. The van der Waals surface area contributed by atoms with Crippen LogP contribution in [0.3, 0.4) is 0 Å². The Hall–Kier alpha value is -3.75. The quantitative estimate of drug-likeness (QED) is 0.447. The SMILES string of the molecule is CNC(=O)c1cccc(CN2C(=O)NC(=O)C2Cc2ccc([N+](=O)[O-])cc2)c1. The Bertz CT molecular complexity index is 942. The minimum atomic E-state index is -0.738. The highest BCUT2D eigenvalue weighted by Gasteiger charge is 2.38. The van der Waals surface area contributed by atoms with Gasteiger partial charge in [-0.15, -0.1) is 0 Å². The molecule has 1 aliphatic rings. The van der Waals surface area contributed by atoms with Crippen molar-refractivity contribution in [3.05, 3.63) is 75.3 Å². The Balaban J connectivity index is 1.79. The molecule has 0 saturated carbocycles. The molecule has 28 heavy (non-hydrogen) atoms. The fourth-order valence-corrected chi connectivity index (χ4v) is 3.06. The fraction of sp³-hybridized carbons (Fsp3) is 0.211. The lowest BCUT2D eigenvalue weighted by molar-refractivity contribution is -0.384. The number of hydrogen-bond donors (Lipinski definition) is 2. The van der Waals surface area contributed by atoms with Crippen LogP contribution < -0.4 is 10.6 Å². The molecule has 1 heterocycles. The normalized spacial score (nSPS) is 16.0. The van der Waals surface area contributed by atoms with E-state index in [2.05, 4.69) is 10.6 Å². The number of non-ortho nitro benzene ring substituents is 1. The molecular formula is C19H18N4O5. The van der Waals surface area contributed by atoms with Crippen molar-refractivity contribution in [2.75, 3.05) is 7.05 Å². The molecule has 9 heteroatoms. The number of nitrogens with zero attached hydrogens (tertiary/aromatic N) is 2. The van der Waals surface area contributed by atoms with Gasteiger partial charge in [-0.05, 0) is 23.3 Å². The largest absolute Gasteiger partial charge is 0.355 e. The van der Waals surface area contributed by atoms with Crippen LogP contribution in [-0.2, 0) is 17.8 Å². The van der Waals surface area contributed by atoms with Crippen LogP contribution >= 0.6 is 0 Å². The maximum atomic E-state index is 12.2. The van der Waals surface area contributed by atoms with Gasteiger partial charge in [-0.3, -0.25) is 25.0 Å². The molecule has 0 bridgehead atoms. The predicted octanol–water partition coefficient (Wildman–Crippen LogP) is 1.62. The lowest BCUT2D eigenvalue weighted by Crippen LogP contribution is -2.36. The van der Waals surface area contributed by atoms with E-state index in [-0.39, 0.29) is 24.6 Å². The minimum Gasteiger partial charge on any atom is -0.355 e. The maximum Gasteiger partial charge on any atom is 0.325 e. The lowest BCUT2D eigenvalue weighted by Gasteiger charge is -2.22. The number of hydrogen-bond acceptors (Lipinski definition) is 5. The second kappa shape index (κ2) is 7.87. The van der Waals surface area contributed by atoms with E-state index in [1.807, 2.05) is 0 Å². The number of nitro groups is 1. The van der Waals surface area contributed by atoms with Crippen LogP contribution in [0.1, 0.15) is 21.5 Å². The first kappa shape index (κ1) is 19.0. The van der Waals surface area contributed by atoms with Crippen LogP contribution in [0, 0.1) is 10.1 Å². The van der Waals surface area contributed by atoms with Crippen LogP contribution in [-0.4, -0.2) is 40.8 Å². The monoisotopic (exact) mass is 382 g/mol. The first-order valence-electron chi connectivity index (χ1n) is 8.55. The molecule has 3 rings (SSSR count). The van der Waals surface area contributed by atoms with Gasteiger partial charge in [0.25, 0.3) is 17.5 Å². The molecule has 2 aromatic carbocycles. The average molecular weight is 382 g/mol. The smallest absolute Gasteiger partial charge is 0.325 e. The summed E-state index contributed by atoms with van der Waals surface area (Å²) in [6.45, 7) is 0.153. The summed E-state index contributed by atoms with van der Waals surface area (Å²) in [5.74, 6) is -0.669. The molecule has 9 nitrogen and oxygen atoms in total. The number of carbonyl (C=O) groups is 3. The zero-order chi connectivity index (χ0) is 20.3. The van der Waals surface area contributed by atoms with Crippen LogP contribution in [0.4, 0.5) is 10.5 Å². The predicted molar refractivity (Wildman–Crippen MR) is 99.5 cm³/mol. The van der Waals surface area contributed by atoms with Crippen LogP contribution in [0.2, 0.25) is 0 Å². The minimum absolute atomic E-state index is 0.0430. The summed E-state index contributed by atoms with van der Waals surface area (Å²) >= 11 is 0. The third kappa shape index (κ3) is 3.98. The molecule has 4 amide bonds. The molecule has 144 valence electrons. The Morgan fingerprint density at radius 3 is 2.54 bits per heavy atom. The zero-order valence-corrected chi connectivity index (χ0v) is 15.0. The van der Waals surface area contributed by atoms with E-state index >= 15 is 0 Å². The number of carbonyl (C=O) groups excluding carboxylic acids is 3. The van der Waals surface area contributed by atoms with Crippen molar-refractivity contribution in [1.82, 2.24) is 15.5 Å². The van der Waals surface area contributed by atoms with Crippen LogP contribution in [0.15, 0.2) is 48.5 Å². The van der Waals surface area contributed by atoms with Crippen molar-refractivity contribution in [1.29, 1.82) is 0 Å². The Morgan fingerprint density at radius 2 is 1.89 bits per heavy atom. The molecule has 1 unspecified atom stereocenters. The molecule has 0 spiro atoms. The topological polar surface area (TPSA) is 122 Å². The summed E-state index contributed by atoms with van der Waals surface area (Å²) in [6.07, 6.45) is 0.227. The van der Waals surface area contributed by atoms with E-state index in [1.54, 1.807) is 36.4 Å². The number of urea groups is 1. The van der Waals surface area contributed by atoms with Gasteiger partial charge < -0.3 is 10.2 Å². The van der Waals surface area contributed by atoms with Gasteiger partial charge in [0.15, 0.2) is 0 Å². The van der Waals surface area contributed by atoms with Crippen molar-refractivity contribution >= 4 is 23.5 Å². The lowest BCUT2D eigenvalue weighted by atomic mass is 10.0. The molecular weight excluding hydrogens is 364 g/mol. The second-order valence-electron chi connectivity index (χ2n) is 6.35. The van der Waals surface area contributed by atoms with Gasteiger partial charge in [-0.25, -0.2) is 4.79 Å². The summed E-state index contributed by atoms with van der Waals surface area (Å²) in [6, 6.07) is 11.4. The first-order valence-corrected chi connectivity index (χ1v) is 8.55. The van der Waals surface area contributed by atoms with E-state index in [9.17, 15) is 24.5 Å². The van der Waals surface area contributed by atoms with Gasteiger partial charge in [-0.1, -0.05) is 24.3 Å². The fourth-order valence-electron chi connectivity index (χ4n) is 3.06. The number of rotatable bonds is 6. The summed E-state index contributed by atoms with van der Waals surface area (Å²) in [5, 5.41) is 15.6. The van der Waals surface area contributed by atoms with Crippen molar-refractivity contribution in [3.8, 4) is 0 Å². The van der Waals surface area contributed by atoms with Gasteiger partial charge in [0, 0.05) is 37.7 Å². The molecule has 1 aliphatic heterocycles. The maximum absolute atomic E-state index is 12.2. The first-order chi connectivity index (χ1) is 13.4. The van der Waals surface area contributed by atoms with E-state index < -0.39 is 22.9 Å². The summed E-state index contributed by atoms with van der Waals surface area (Å²) in [5.41, 5.74) is 1.82. The molecule has 0 aromatic heterocycles. The van der Waals surface area contributed by atoms with Crippen molar-refractivity contribution in [2.45, 2.75) is 19.0 Å². The zero-order valence-electron chi connectivity index (χ0n) is 15.0. The van der Waals surface area contributed by atoms with E-state index in [0.29, 0.717) is 16.7 Å². The van der Waals surface area contributed by atoms with E-state index in [0.717, 1.165) is 0 Å². The van der Waals surface area contributed by atoms with Crippen molar-refractivity contribution in [3.63, 3.8) is 0 Å². The van der Waals surface area contributed by atoms with Crippen LogP contribution in [0.25, 0.3) is 0 Å². The molecule has 2 aromatic rings. The number of benzene rings is 2. The highest BCUT2D eigenvalue weighted by molar-refractivity contribution is 6.04. The molecule has 0 aliphatic carbocycles. The number of amides is 4. The third-order valence-electron chi connectivity index (χ3n) is 4.52. The Morgan fingerprint density at radius 1 is 1.18 bits per heavy atom. The average Bonchev–Trinajstić information content (AvgIpc) is 2.95. The summed E-state index contributed by atoms with van der Waals surface area (Å²) in [4.78, 5) is 47.9. The Labute approximate surface area is 160 Å². The summed E-state index contributed by atoms with van der Waals surface area (Å²) in [7, 11) is 1.53. The molecule has 0 radical (unpaired) electrons. The van der Waals surface area contributed by atoms with Gasteiger partial charge in [0.05, 0.1) is 4.92 Å². The standard InChI is InChI=1S/C19H18N4O5/c1-20-17(24)14-4-2-3-13(9-14)11-22-16(18(25)21-19(22)26)10-12-5-7-15(8-6-12)23(27)28/h2-9,16H,10-11H2,1H3,(H,20,24)(H,21,25,26). The number of nitrogens with one attached hydrogen (secondary N) is 2. The van der Waals surface area contributed by atoms with Crippen LogP contribution in [0.5, 0.6) is 0 Å². The molecule has 1 fully saturated rings. The molecule has 1 saturated heterocycles. The second-order valence-corrected chi connectivity index (χ2v) is 6.35. The van der Waals surface area contributed by atoms with Crippen molar-refractivity contribution < 1.29 is 19.3 Å². The number of imide groups is 1. The van der Waals surface area contributed by atoms with E-state index in [1.165, 1.54) is 24.1 Å². The third-order valence-corrected chi connectivity index (χ3v) is 4.52.